The second kappa shape index (κ2) is 10.5. The zero-order chi connectivity index (χ0) is 25.1. The van der Waals surface area contributed by atoms with E-state index in [4.69, 9.17) is 14.6 Å². The number of fused-ring (bicyclic) bond motifs is 1. The van der Waals surface area contributed by atoms with E-state index in [0.29, 0.717) is 17.7 Å². The average Bonchev–Trinajstić information content (AvgIpc) is 2.99. The van der Waals surface area contributed by atoms with Gasteiger partial charge in [0, 0.05) is 50.0 Å². The van der Waals surface area contributed by atoms with Gasteiger partial charge in [0.2, 0.25) is 0 Å². The highest BCUT2D eigenvalue weighted by Gasteiger charge is 2.29. The van der Waals surface area contributed by atoms with Crippen LogP contribution < -0.4 is 19.7 Å². The van der Waals surface area contributed by atoms with Crippen LogP contribution in [0.5, 0.6) is 11.5 Å². The zero-order valence-corrected chi connectivity index (χ0v) is 20.4. The first-order chi connectivity index (χ1) is 16.8. The van der Waals surface area contributed by atoms with Crippen LogP contribution in [0.25, 0.3) is 0 Å². The predicted octanol–water partition coefficient (Wildman–Crippen LogP) is 3.39. The summed E-state index contributed by atoms with van der Waals surface area (Å²) in [6.45, 7) is 2.78. The van der Waals surface area contributed by atoms with Crippen molar-refractivity contribution in [1.82, 2.24) is 15.2 Å². The van der Waals surface area contributed by atoms with Crippen molar-refractivity contribution in [2.24, 2.45) is 5.10 Å². The molecule has 2 amide bonds. The molecule has 2 aromatic carbocycles. The third-order valence-corrected chi connectivity index (χ3v) is 6.43. The van der Waals surface area contributed by atoms with Crippen LogP contribution in [-0.2, 0) is 6.42 Å². The van der Waals surface area contributed by atoms with Crippen molar-refractivity contribution in [3.05, 3.63) is 53.1 Å². The Balaban J connectivity index is 1.77. The standard InChI is InChI=1S/C25H31F2N5O3/c1-16-13-18-14-22(35-24(26)27)21(34-4)15-20(18)23(29-32(16)25(33)28-2)17-5-7-19(8-6-17)31-11-9-30(3)10-12-31/h5-8,14-16,24H,9-13H2,1-4H3,(H,28,33)/t16-/m0/s1. The minimum Gasteiger partial charge on any atom is -0.493 e. The van der Waals surface area contributed by atoms with Crippen LogP contribution in [0, 0.1) is 0 Å². The molecule has 1 saturated heterocycles. The zero-order valence-electron chi connectivity index (χ0n) is 20.4. The Morgan fingerprint density at radius 2 is 1.80 bits per heavy atom. The lowest BCUT2D eigenvalue weighted by molar-refractivity contribution is -0.0512. The molecule has 188 valence electrons. The highest BCUT2D eigenvalue weighted by molar-refractivity contribution is 6.14. The molecule has 2 aliphatic heterocycles. The highest BCUT2D eigenvalue weighted by Crippen LogP contribution is 2.36. The molecule has 0 radical (unpaired) electrons. The van der Waals surface area contributed by atoms with E-state index in [1.807, 2.05) is 31.2 Å². The number of halogens is 2. The van der Waals surface area contributed by atoms with Gasteiger partial charge >= 0.3 is 12.6 Å². The molecule has 35 heavy (non-hydrogen) atoms. The number of nitrogens with zero attached hydrogens (tertiary/aromatic N) is 4. The number of carbonyl (C=O) groups is 1. The van der Waals surface area contributed by atoms with Crippen molar-refractivity contribution in [2.75, 3.05) is 52.3 Å². The van der Waals surface area contributed by atoms with Gasteiger partial charge in [-0.25, -0.2) is 9.80 Å². The summed E-state index contributed by atoms with van der Waals surface area (Å²) >= 11 is 0. The SMILES string of the molecule is CNC(=O)N1N=C(c2ccc(N3CCN(C)CC3)cc2)c2cc(OC)c(OC(F)F)cc2C[C@@H]1C. The van der Waals surface area contributed by atoms with Gasteiger partial charge in [-0.05, 0) is 50.2 Å². The average molecular weight is 488 g/mol. The smallest absolute Gasteiger partial charge is 0.387 e. The lowest BCUT2D eigenvalue weighted by Crippen LogP contribution is -2.44. The highest BCUT2D eigenvalue weighted by atomic mass is 19.3. The fourth-order valence-electron chi connectivity index (χ4n) is 4.47. The maximum atomic E-state index is 13.0. The van der Waals surface area contributed by atoms with E-state index in [0.717, 1.165) is 43.0 Å². The molecule has 1 fully saturated rings. The van der Waals surface area contributed by atoms with E-state index >= 15 is 0 Å². The summed E-state index contributed by atoms with van der Waals surface area (Å²) in [4.78, 5) is 17.3. The lowest BCUT2D eigenvalue weighted by atomic mass is 9.94. The number of ether oxygens (including phenoxy) is 2. The van der Waals surface area contributed by atoms with E-state index in [2.05, 4.69) is 22.2 Å². The number of piperazine rings is 1. The Labute approximate surface area is 204 Å². The summed E-state index contributed by atoms with van der Waals surface area (Å²) in [5, 5.41) is 8.75. The van der Waals surface area contributed by atoms with Gasteiger partial charge in [-0.3, -0.25) is 0 Å². The normalized spacial score (nSPS) is 18.6. The van der Waals surface area contributed by atoms with E-state index in [-0.39, 0.29) is 23.6 Å². The summed E-state index contributed by atoms with van der Waals surface area (Å²) in [6.07, 6.45) is 0.402. The number of rotatable bonds is 5. The molecule has 0 unspecified atom stereocenters. The maximum Gasteiger partial charge on any atom is 0.387 e. The van der Waals surface area contributed by atoms with Crippen molar-refractivity contribution < 1.29 is 23.0 Å². The number of likely N-dealkylation sites (N-methyl/N-ethyl adjacent to an activating group) is 1. The molecule has 2 aliphatic rings. The van der Waals surface area contributed by atoms with Gasteiger partial charge < -0.3 is 24.6 Å². The van der Waals surface area contributed by atoms with E-state index in [9.17, 15) is 13.6 Å². The Hall–Kier alpha value is -3.40. The van der Waals surface area contributed by atoms with Crippen LogP contribution in [0.3, 0.4) is 0 Å². The summed E-state index contributed by atoms with van der Waals surface area (Å²) in [6, 6.07) is 10.6. The number of methoxy groups -OCH3 is 1. The van der Waals surface area contributed by atoms with Gasteiger partial charge in [-0.15, -0.1) is 0 Å². The number of benzene rings is 2. The largest absolute Gasteiger partial charge is 0.493 e. The van der Waals surface area contributed by atoms with Gasteiger partial charge in [-0.1, -0.05) is 12.1 Å². The number of anilines is 1. The molecular weight excluding hydrogens is 456 g/mol. The summed E-state index contributed by atoms with van der Waals surface area (Å²) < 4.78 is 36.1. The Bertz CT molecular complexity index is 1090. The third-order valence-electron chi connectivity index (χ3n) is 6.43. The van der Waals surface area contributed by atoms with Crippen LogP contribution >= 0.6 is 0 Å². The van der Waals surface area contributed by atoms with Gasteiger partial charge in [-0.2, -0.15) is 13.9 Å². The van der Waals surface area contributed by atoms with Crippen LogP contribution in [0.2, 0.25) is 0 Å². The Kier molecular flexibility index (Phi) is 7.39. The molecule has 1 atom stereocenters. The molecule has 0 aliphatic carbocycles. The monoisotopic (exact) mass is 487 g/mol. The van der Waals surface area contributed by atoms with Crippen LogP contribution in [0.4, 0.5) is 19.3 Å². The third kappa shape index (κ3) is 5.32. The first kappa shape index (κ1) is 24.7. The molecule has 0 spiro atoms. The second-order valence-corrected chi connectivity index (χ2v) is 8.78. The van der Waals surface area contributed by atoms with Crippen molar-refractivity contribution in [3.8, 4) is 11.5 Å². The first-order valence-corrected chi connectivity index (χ1v) is 11.6. The van der Waals surface area contributed by atoms with Crippen molar-refractivity contribution >= 4 is 17.4 Å². The molecule has 1 N–H and O–H groups in total. The maximum absolute atomic E-state index is 13.0. The van der Waals surface area contributed by atoms with Gasteiger partial charge in [0.05, 0.1) is 18.9 Å². The fraction of sp³-hybridized carbons (Fsp3) is 0.440. The number of hydrogen-bond donors (Lipinski definition) is 1. The number of amides is 2. The van der Waals surface area contributed by atoms with Crippen LogP contribution in [0.1, 0.15) is 23.6 Å². The Morgan fingerprint density at radius 1 is 1.11 bits per heavy atom. The molecular formula is C25H31F2N5O3. The second-order valence-electron chi connectivity index (χ2n) is 8.78. The topological polar surface area (TPSA) is 69.6 Å². The number of alkyl halides is 2. The van der Waals surface area contributed by atoms with Crippen molar-refractivity contribution in [3.63, 3.8) is 0 Å². The fourth-order valence-corrected chi connectivity index (χ4v) is 4.47. The van der Waals surface area contributed by atoms with Gasteiger partial charge in [0.25, 0.3) is 0 Å². The van der Waals surface area contributed by atoms with Crippen molar-refractivity contribution in [1.29, 1.82) is 0 Å². The van der Waals surface area contributed by atoms with E-state index in [1.54, 1.807) is 19.2 Å². The quantitative estimate of drug-likeness (QED) is 0.700. The Morgan fingerprint density at radius 3 is 2.40 bits per heavy atom. The van der Waals surface area contributed by atoms with E-state index < -0.39 is 6.61 Å². The summed E-state index contributed by atoms with van der Waals surface area (Å²) in [5.41, 5.74) is 3.92. The summed E-state index contributed by atoms with van der Waals surface area (Å²) in [7, 11) is 5.07. The number of urea groups is 1. The number of hydrogen-bond acceptors (Lipinski definition) is 6. The number of nitrogens with one attached hydrogen (secondary N) is 1. The first-order valence-electron chi connectivity index (χ1n) is 11.6. The van der Waals surface area contributed by atoms with Crippen LogP contribution in [0.15, 0.2) is 41.5 Å². The predicted molar refractivity (Wildman–Crippen MR) is 131 cm³/mol. The summed E-state index contributed by atoms with van der Waals surface area (Å²) in [5.74, 6) is 0.124. The molecule has 2 aromatic rings. The molecule has 0 aromatic heterocycles. The minimum atomic E-state index is -2.98. The van der Waals surface area contributed by atoms with E-state index in [1.165, 1.54) is 12.1 Å². The van der Waals surface area contributed by atoms with Gasteiger partial charge in [0.15, 0.2) is 11.5 Å². The molecule has 10 heteroatoms. The molecule has 8 nitrogen and oxygen atoms in total. The molecule has 4 rings (SSSR count). The molecule has 2 heterocycles. The van der Waals surface area contributed by atoms with Crippen molar-refractivity contribution in [2.45, 2.75) is 26.0 Å². The molecule has 0 bridgehead atoms. The lowest BCUT2D eigenvalue weighted by Gasteiger charge is -2.34. The minimum absolute atomic E-state index is 0.0494. The van der Waals surface area contributed by atoms with Crippen LogP contribution in [-0.4, -0.2) is 81.7 Å². The molecule has 0 saturated carbocycles. The van der Waals surface area contributed by atoms with Gasteiger partial charge in [0.1, 0.15) is 0 Å². The number of hydrazone groups is 1. The number of carbonyl (C=O) groups excluding carboxylic acids is 1.